The van der Waals surface area contributed by atoms with Crippen molar-refractivity contribution in [3.05, 3.63) is 170 Å². The van der Waals surface area contributed by atoms with Gasteiger partial charge in [-0.3, -0.25) is 0 Å². The summed E-state index contributed by atoms with van der Waals surface area (Å²) in [7, 11) is 0. The number of fused-ring (bicyclic) bond motifs is 5. The number of rotatable bonds is 4. The summed E-state index contributed by atoms with van der Waals surface area (Å²) in [6, 6.07) is 29.9. The molecule has 0 aliphatic heterocycles. The van der Waals surface area contributed by atoms with E-state index in [1.54, 1.807) is 48.5 Å². The van der Waals surface area contributed by atoms with Crippen LogP contribution >= 0.6 is 0 Å². The SMILES string of the molecule is [2H]c1c([2H])c(-c2ccccc2)c([2H])c(-c2c3ccccc3c(-c3c([2H])c([2H])c4c(oc5c(-c6ccccc6)c([2H])c([2H])c([2H])c54)c3[2H])c3ccccc23)c1[2H]. The quantitative estimate of drug-likeness (QED) is 0.188. The lowest BCUT2D eigenvalue weighted by Gasteiger charge is -2.18. The van der Waals surface area contributed by atoms with Gasteiger partial charge in [0.25, 0.3) is 0 Å². The molecular formula is C44H28O. The largest absolute Gasteiger partial charge is 0.455 e. The second kappa shape index (κ2) is 10.4. The highest BCUT2D eigenvalue weighted by atomic mass is 16.3. The maximum Gasteiger partial charge on any atom is 0.143 e. The van der Waals surface area contributed by atoms with E-state index in [1.807, 2.05) is 60.7 Å². The van der Waals surface area contributed by atoms with E-state index in [2.05, 4.69) is 0 Å². The molecule has 0 saturated heterocycles. The van der Waals surface area contributed by atoms with Gasteiger partial charge in [0.1, 0.15) is 11.2 Å². The number of benzene rings is 8. The Labute approximate surface area is 275 Å². The molecule has 9 rings (SSSR count). The molecule has 1 nitrogen and oxygen atoms in total. The Morgan fingerprint density at radius 2 is 0.911 bits per heavy atom. The Bertz CT molecular complexity index is 3030. The first-order valence-electron chi connectivity index (χ1n) is 19.6. The smallest absolute Gasteiger partial charge is 0.143 e. The minimum absolute atomic E-state index is 0.0433. The van der Waals surface area contributed by atoms with Gasteiger partial charge in [-0.1, -0.05) is 151 Å². The molecule has 210 valence electrons. The van der Waals surface area contributed by atoms with Crippen molar-refractivity contribution in [1.29, 1.82) is 0 Å². The minimum atomic E-state index is -0.351. The standard InChI is InChI=1S/C44H28O/c1-3-13-29(14-4-1)31-17-11-18-32(27-31)42-36-19-7-9-21-38(36)43(39-22-10-8-20-37(39)42)33-25-26-35-40-24-12-23-34(30-15-5-2-6-16-30)44(40)45-41(35)28-33/h1-28H/i11D,12D,17D,18D,23D,24D,25D,26D,27D,28D. The third kappa shape index (κ3) is 4.17. The van der Waals surface area contributed by atoms with E-state index >= 15 is 0 Å². The Balaban J connectivity index is 1.42. The van der Waals surface area contributed by atoms with Crippen molar-refractivity contribution < 1.29 is 18.1 Å². The van der Waals surface area contributed by atoms with Gasteiger partial charge in [-0.25, -0.2) is 0 Å². The van der Waals surface area contributed by atoms with Gasteiger partial charge in [0.05, 0.1) is 13.7 Å². The fourth-order valence-electron chi connectivity index (χ4n) is 6.23. The van der Waals surface area contributed by atoms with Gasteiger partial charge in [-0.15, -0.1) is 0 Å². The first-order valence-corrected chi connectivity index (χ1v) is 14.6. The first kappa shape index (κ1) is 17.4. The molecule has 0 spiro atoms. The molecule has 0 bridgehead atoms. The molecule has 1 aromatic heterocycles. The second-order valence-electron chi connectivity index (χ2n) is 10.8. The highest BCUT2D eigenvalue weighted by Crippen LogP contribution is 2.45. The molecule has 1 heterocycles. The third-order valence-electron chi connectivity index (χ3n) is 8.24. The van der Waals surface area contributed by atoms with Crippen LogP contribution in [0.15, 0.2) is 174 Å². The Morgan fingerprint density at radius 3 is 1.56 bits per heavy atom. The van der Waals surface area contributed by atoms with Gasteiger partial charge in [0.2, 0.25) is 0 Å². The summed E-state index contributed by atoms with van der Waals surface area (Å²) in [6.45, 7) is 0. The molecule has 0 radical (unpaired) electrons. The Hall–Kier alpha value is -5.92. The van der Waals surface area contributed by atoms with Crippen LogP contribution in [-0.4, -0.2) is 0 Å². The fourth-order valence-corrected chi connectivity index (χ4v) is 6.23. The van der Waals surface area contributed by atoms with Crippen LogP contribution in [0.4, 0.5) is 0 Å². The van der Waals surface area contributed by atoms with Crippen LogP contribution in [0.2, 0.25) is 0 Å². The van der Waals surface area contributed by atoms with Crippen LogP contribution < -0.4 is 0 Å². The second-order valence-corrected chi connectivity index (χ2v) is 10.8. The highest BCUT2D eigenvalue weighted by molar-refractivity contribution is 6.22. The molecule has 8 aromatic carbocycles. The maximum atomic E-state index is 9.65. The summed E-state index contributed by atoms with van der Waals surface area (Å²) in [5.41, 5.74) is 2.96. The summed E-state index contributed by atoms with van der Waals surface area (Å²) < 4.78 is 97.5. The summed E-state index contributed by atoms with van der Waals surface area (Å²) in [4.78, 5) is 0. The van der Waals surface area contributed by atoms with Gasteiger partial charge < -0.3 is 4.42 Å². The van der Waals surface area contributed by atoms with Crippen molar-refractivity contribution in [1.82, 2.24) is 0 Å². The van der Waals surface area contributed by atoms with E-state index < -0.39 is 0 Å². The van der Waals surface area contributed by atoms with Crippen molar-refractivity contribution in [2.24, 2.45) is 0 Å². The molecule has 0 saturated carbocycles. The molecule has 0 aliphatic carbocycles. The van der Waals surface area contributed by atoms with Gasteiger partial charge in [-0.05, 0) is 78.6 Å². The van der Waals surface area contributed by atoms with E-state index in [9.17, 15) is 5.48 Å². The molecule has 0 aliphatic rings. The number of hydrogen-bond acceptors (Lipinski definition) is 1. The van der Waals surface area contributed by atoms with Gasteiger partial charge in [0, 0.05) is 16.3 Å². The van der Waals surface area contributed by atoms with Crippen molar-refractivity contribution in [2.75, 3.05) is 0 Å². The lowest BCUT2D eigenvalue weighted by Crippen LogP contribution is -1.91. The molecule has 9 aromatic rings. The summed E-state index contributed by atoms with van der Waals surface area (Å²) in [6.07, 6.45) is 0. The number of hydrogen-bond donors (Lipinski definition) is 0. The van der Waals surface area contributed by atoms with E-state index in [-0.39, 0.29) is 105 Å². The first-order chi connectivity index (χ1) is 26.5. The minimum Gasteiger partial charge on any atom is -0.455 e. The summed E-state index contributed by atoms with van der Waals surface area (Å²) in [5, 5.41) is 2.47. The molecule has 0 fully saturated rings. The topological polar surface area (TPSA) is 13.1 Å². The normalized spacial score (nSPS) is 14.7. The molecule has 0 unspecified atom stereocenters. The van der Waals surface area contributed by atoms with Crippen LogP contribution in [-0.2, 0) is 0 Å². The zero-order chi connectivity index (χ0) is 38.4. The van der Waals surface area contributed by atoms with Crippen molar-refractivity contribution in [2.45, 2.75) is 0 Å². The zero-order valence-electron chi connectivity index (χ0n) is 33.8. The van der Waals surface area contributed by atoms with Crippen molar-refractivity contribution >= 4 is 43.5 Å². The van der Waals surface area contributed by atoms with Crippen LogP contribution in [0.25, 0.3) is 88.0 Å². The van der Waals surface area contributed by atoms with Crippen LogP contribution in [0.5, 0.6) is 0 Å². The van der Waals surface area contributed by atoms with Crippen LogP contribution in [0.3, 0.4) is 0 Å². The number of furan rings is 1. The Kier molecular flexibility index (Phi) is 4.01. The zero-order valence-corrected chi connectivity index (χ0v) is 23.8. The number of para-hydroxylation sites is 1. The third-order valence-corrected chi connectivity index (χ3v) is 8.24. The van der Waals surface area contributed by atoms with E-state index in [1.165, 1.54) is 0 Å². The lowest BCUT2D eigenvalue weighted by atomic mass is 9.85. The predicted molar refractivity (Wildman–Crippen MR) is 190 cm³/mol. The monoisotopic (exact) mass is 582 g/mol. The molecule has 0 N–H and O–H groups in total. The van der Waals surface area contributed by atoms with Gasteiger partial charge in [-0.2, -0.15) is 0 Å². The molecule has 1 heteroatoms. The Morgan fingerprint density at radius 1 is 0.378 bits per heavy atom. The van der Waals surface area contributed by atoms with Gasteiger partial charge in [0.15, 0.2) is 0 Å². The highest BCUT2D eigenvalue weighted by Gasteiger charge is 2.19. The molecule has 0 atom stereocenters. The molecule has 45 heavy (non-hydrogen) atoms. The molecular weight excluding hydrogens is 544 g/mol. The van der Waals surface area contributed by atoms with E-state index in [0.29, 0.717) is 43.8 Å². The molecule has 0 amide bonds. The van der Waals surface area contributed by atoms with E-state index in [4.69, 9.17) is 12.6 Å². The van der Waals surface area contributed by atoms with Crippen molar-refractivity contribution in [3.63, 3.8) is 0 Å². The van der Waals surface area contributed by atoms with Crippen molar-refractivity contribution in [3.8, 4) is 44.5 Å². The summed E-state index contributed by atoms with van der Waals surface area (Å²) >= 11 is 0. The summed E-state index contributed by atoms with van der Waals surface area (Å²) in [5.74, 6) is 0. The van der Waals surface area contributed by atoms with Gasteiger partial charge >= 0.3 is 0 Å². The average molecular weight is 583 g/mol. The van der Waals surface area contributed by atoms with E-state index in [0.717, 1.165) is 0 Å². The predicted octanol–water partition coefficient (Wildman–Crippen LogP) is 12.6. The van der Waals surface area contributed by atoms with Crippen LogP contribution in [0.1, 0.15) is 13.7 Å². The maximum absolute atomic E-state index is 9.65. The average Bonchev–Trinajstić information content (AvgIpc) is 3.61. The lowest BCUT2D eigenvalue weighted by molar-refractivity contribution is 0.670. The fraction of sp³-hybridized carbons (Fsp3) is 0. The van der Waals surface area contributed by atoms with Crippen LogP contribution in [0, 0.1) is 0 Å².